The predicted molar refractivity (Wildman–Crippen MR) is 113 cm³/mol. The number of amides is 1. The number of nitrogens with one attached hydrogen (secondary N) is 1. The molecule has 0 aliphatic carbocycles. The molecule has 0 radical (unpaired) electrons. The van der Waals surface area contributed by atoms with Gasteiger partial charge >= 0.3 is 0 Å². The van der Waals surface area contributed by atoms with Gasteiger partial charge in [-0.25, -0.2) is 12.8 Å². The number of morpholine rings is 1. The summed E-state index contributed by atoms with van der Waals surface area (Å²) in [6, 6.07) is 13.8. The van der Waals surface area contributed by atoms with Crippen LogP contribution in [-0.4, -0.2) is 40.6 Å². The molecule has 1 aliphatic heterocycles. The second kappa shape index (κ2) is 8.91. The normalized spacial score (nSPS) is 14.4. The third-order valence-corrected chi connectivity index (χ3v) is 6.64. The van der Waals surface area contributed by atoms with Gasteiger partial charge < -0.3 is 19.4 Å². The number of carbonyl (C=O) groups is 1. The molecule has 0 bridgehead atoms. The minimum Gasteiger partial charge on any atom is -0.459 e. The molecule has 1 fully saturated rings. The maximum atomic E-state index is 14.6. The van der Waals surface area contributed by atoms with Gasteiger partial charge in [-0.15, -0.1) is 0 Å². The van der Waals surface area contributed by atoms with Gasteiger partial charge in [-0.1, -0.05) is 18.2 Å². The number of carbonyl (C=O) groups excluding carboxylic acids is 1. The van der Waals surface area contributed by atoms with Crippen LogP contribution in [0.2, 0.25) is 0 Å². The number of sulfone groups is 1. The van der Waals surface area contributed by atoms with Crippen molar-refractivity contribution in [3.8, 4) is 0 Å². The van der Waals surface area contributed by atoms with Gasteiger partial charge in [-0.3, -0.25) is 4.79 Å². The van der Waals surface area contributed by atoms with E-state index in [1.807, 2.05) is 4.90 Å². The van der Waals surface area contributed by atoms with Crippen LogP contribution in [0.4, 0.5) is 15.8 Å². The average Bonchev–Trinajstić information content (AvgIpc) is 3.23. The second-order valence-electron chi connectivity index (χ2n) is 7.07. The van der Waals surface area contributed by atoms with E-state index in [1.165, 1.54) is 30.5 Å². The highest BCUT2D eigenvalue weighted by molar-refractivity contribution is 7.90. The molecule has 1 amide bonds. The summed E-state index contributed by atoms with van der Waals surface area (Å²) in [5, 5.41) is 2.57. The first kappa shape index (κ1) is 21.1. The monoisotopic (exact) mass is 444 g/mol. The number of furan rings is 1. The molecule has 0 saturated carbocycles. The molecule has 2 aromatic carbocycles. The maximum absolute atomic E-state index is 14.6. The number of rotatable bonds is 6. The quantitative estimate of drug-likeness (QED) is 0.626. The molecule has 4 rings (SSSR count). The van der Waals surface area contributed by atoms with Gasteiger partial charge in [0.15, 0.2) is 15.6 Å². The predicted octanol–water partition coefficient (Wildman–Crippen LogP) is 3.48. The topological polar surface area (TPSA) is 88.8 Å². The van der Waals surface area contributed by atoms with Gasteiger partial charge in [0, 0.05) is 24.3 Å². The molecular weight excluding hydrogens is 423 g/mol. The van der Waals surface area contributed by atoms with Gasteiger partial charge in [0.1, 0.15) is 5.82 Å². The zero-order valence-corrected chi connectivity index (χ0v) is 17.4. The van der Waals surface area contributed by atoms with Crippen molar-refractivity contribution in [2.45, 2.75) is 10.6 Å². The molecule has 0 unspecified atom stereocenters. The lowest BCUT2D eigenvalue weighted by Crippen LogP contribution is -2.36. The van der Waals surface area contributed by atoms with Crippen molar-refractivity contribution < 1.29 is 26.8 Å². The van der Waals surface area contributed by atoms with Crippen LogP contribution in [0.5, 0.6) is 0 Å². The molecule has 3 aromatic rings. The van der Waals surface area contributed by atoms with Gasteiger partial charge in [0.05, 0.1) is 35.8 Å². The zero-order valence-electron chi connectivity index (χ0n) is 16.6. The highest BCUT2D eigenvalue weighted by Gasteiger charge is 2.23. The van der Waals surface area contributed by atoms with E-state index >= 15 is 0 Å². The molecule has 0 atom stereocenters. The summed E-state index contributed by atoms with van der Waals surface area (Å²) in [5.41, 5.74) is 0.911. The molecule has 31 heavy (non-hydrogen) atoms. The first-order chi connectivity index (χ1) is 14.9. The number of anilines is 2. The van der Waals surface area contributed by atoms with Crippen LogP contribution in [0.3, 0.4) is 0 Å². The Morgan fingerprint density at radius 3 is 2.52 bits per heavy atom. The standard InChI is InChI=1S/C22H21FN2O5S/c23-19-14-17(6-7-20(19)25-9-12-29-13-10-25)24-22(26)21-16(8-11-30-21)15-31(27,28)18-4-2-1-3-5-18/h1-8,11,14H,9-10,12-13,15H2,(H,24,26). The Kier molecular flexibility index (Phi) is 6.06. The molecule has 0 spiro atoms. The van der Waals surface area contributed by atoms with Crippen molar-refractivity contribution in [1.29, 1.82) is 0 Å². The Bertz CT molecular complexity index is 1170. The SMILES string of the molecule is O=C(Nc1ccc(N2CCOCC2)c(F)c1)c1occc1CS(=O)(=O)c1ccccc1. The van der Waals surface area contributed by atoms with E-state index in [-0.39, 0.29) is 27.7 Å². The zero-order chi connectivity index (χ0) is 21.8. The fourth-order valence-corrected chi connectivity index (χ4v) is 4.77. The highest BCUT2D eigenvalue weighted by Crippen LogP contribution is 2.25. The van der Waals surface area contributed by atoms with Crippen molar-refractivity contribution in [3.05, 3.63) is 78.0 Å². The Labute approximate surface area is 179 Å². The van der Waals surface area contributed by atoms with Crippen molar-refractivity contribution in [3.63, 3.8) is 0 Å². The van der Waals surface area contributed by atoms with E-state index in [0.29, 0.717) is 32.0 Å². The average molecular weight is 444 g/mol. The van der Waals surface area contributed by atoms with E-state index in [0.717, 1.165) is 0 Å². The first-order valence-corrected chi connectivity index (χ1v) is 11.4. The molecule has 1 N–H and O–H groups in total. The fourth-order valence-electron chi connectivity index (χ4n) is 3.40. The summed E-state index contributed by atoms with van der Waals surface area (Å²) in [6.07, 6.45) is 1.26. The third kappa shape index (κ3) is 4.78. The van der Waals surface area contributed by atoms with Gasteiger partial charge in [-0.05, 0) is 36.4 Å². The van der Waals surface area contributed by atoms with E-state index in [4.69, 9.17) is 9.15 Å². The second-order valence-corrected chi connectivity index (χ2v) is 9.06. The van der Waals surface area contributed by atoms with Crippen LogP contribution in [-0.2, 0) is 20.3 Å². The number of halogens is 1. The van der Waals surface area contributed by atoms with Crippen LogP contribution in [0.15, 0.2) is 70.2 Å². The smallest absolute Gasteiger partial charge is 0.291 e. The summed E-state index contributed by atoms with van der Waals surface area (Å²) in [5.74, 6) is -1.63. The summed E-state index contributed by atoms with van der Waals surface area (Å²) in [7, 11) is -3.65. The van der Waals surface area contributed by atoms with Crippen molar-refractivity contribution in [1.82, 2.24) is 0 Å². The molecular formula is C22H21FN2O5S. The van der Waals surface area contributed by atoms with E-state index in [1.54, 1.807) is 30.3 Å². The van der Waals surface area contributed by atoms with Gasteiger partial charge in [0.2, 0.25) is 0 Å². The molecule has 2 heterocycles. The molecule has 162 valence electrons. The maximum Gasteiger partial charge on any atom is 0.291 e. The Morgan fingerprint density at radius 1 is 1.06 bits per heavy atom. The number of hydrogen-bond donors (Lipinski definition) is 1. The van der Waals surface area contributed by atoms with E-state index in [2.05, 4.69) is 5.32 Å². The number of hydrogen-bond acceptors (Lipinski definition) is 6. The molecule has 1 aliphatic rings. The largest absolute Gasteiger partial charge is 0.459 e. The minimum absolute atomic E-state index is 0.128. The molecule has 1 aromatic heterocycles. The Balaban J connectivity index is 1.49. The Morgan fingerprint density at radius 2 is 1.81 bits per heavy atom. The summed E-state index contributed by atoms with van der Waals surface area (Å²) >= 11 is 0. The third-order valence-electron chi connectivity index (χ3n) is 4.96. The minimum atomic E-state index is -3.65. The van der Waals surface area contributed by atoms with Gasteiger partial charge in [0.25, 0.3) is 5.91 Å². The number of benzene rings is 2. The van der Waals surface area contributed by atoms with Crippen molar-refractivity contribution in [2.75, 3.05) is 36.5 Å². The lowest BCUT2D eigenvalue weighted by atomic mass is 10.2. The highest BCUT2D eigenvalue weighted by atomic mass is 32.2. The van der Waals surface area contributed by atoms with Crippen LogP contribution >= 0.6 is 0 Å². The van der Waals surface area contributed by atoms with E-state index < -0.39 is 21.6 Å². The summed E-state index contributed by atoms with van der Waals surface area (Å²) in [6.45, 7) is 2.25. The van der Waals surface area contributed by atoms with Crippen molar-refractivity contribution in [2.24, 2.45) is 0 Å². The number of nitrogens with zero attached hydrogens (tertiary/aromatic N) is 1. The van der Waals surface area contributed by atoms with Crippen LogP contribution < -0.4 is 10.2 Å². The fraction of sp³-hybridized carbons (Fsp3) is 0.227. The Hall–Kier alpha value is -3.17. The van der Waals surface area contributed by atoms with Gasteiger partial charge in [-0.2, -0.15) is 0 Å². The summed E-state index contributed by atoms with van der Waals surface area (Å²) in [4.78, 5) is 14.7. The molecule has 9 heteroatoms. The number of ether oxygens (including phenoxy) is 1. The lowest BCUT2D eigenvalue weighted by molar-refractivity contribution is 0.0995. The van der Waals surface area contributed by atoms with Crippen molar-refractivity contribution >= 4 is 27.1 Å². The van der Waals surface area contributed by atoms with E-state index in [9.17, 15) is 17.6 Å². The van der Waals surface area contributed by atoms with Crippen LogP contribution in [0.1, 0.15) is 16.1 Å². The van der Waals surface area contributed by atoms with Crippen LogP contribution in [0.25, 0.3) is 0 Å². The molecule has 7 nitrogen and oxygen atoms in total. The summed E-state index contributed by atoms with van der Waals surface area (Å²) < 4.78 is 50.4. The first-order valence-electron chi connectivity index (χ1n) is 9.72. The molecule has 1 saturated heterocycles. The van der Waals surface area contributed by atoms with Crippen LogP contribution in [0, 0.1) is 5.82 Å². The lowest BCUT2D eigenvalue weighted by Gasteiger charge is -2.29.